The second-order valence-electron chi connectivity index (χ2n) is 12.9. The van der Waals surface area contributed by atoms with Crippen LogP contribution in [0.25, 0.3) is 67.2 Å². The fourth-order valence-electron chi connectivity index (χ4n) is 6.54. The summed E-state index contributed by atoms with van der Waals surface area (Å²) in [4.78, 5) is 14.9. The maximum atomic E-state index is 4.99. The predicted octanol–water partition coefficient (Wildman–Crippen LogP) is 11.7. The summed E-state index contributed by atoms with van der Waals surface area (Å²) >= 11 is 0. The fraction of sp³-hybridized carbons (Fsp3) is 0.0652. The summed E-state index contributed by atoms with van der Waals surface area (Å²) in [6, 6.07) is 61.7. The molecule has 0 bridgehead atoms. The molecule has 0 aliphatic carbocycles. The highest BCUT2D eigenvalue weighted by Gasteiger charge is 2.24. The van der Waals surface area contributed by atoms with E-state index >= 15 is 0 Å². The Labute approximate surface area is 287 Å². The van der Waals surface area contributed by atoms with E-state index < -0.39 is 0 Å². The lowest BCUT2D eigenvalue weighted by Gasteiger charge is -2.26. The standard InChI is InChI=1S/C46H35N3/c1-46(2,39-28-24-35(25-29-39)42-19-11-17-34-14-9-10-18-41(34)42)40-30-26-38(27-31-40)45-48-43(36-15-7-4-8-16-36)47-44(49-45)37-22-20-33(21-23-37)32-12-5-3-6-13-32/h3-31H,1-2H3. The van der Waals surface area contributed by atoms with Gasteiger partial charge in [0.05, 0.1) is 0 Å². The monoisotopic (exact) mass is 629 g/mol. The van der Waals surface area contributed by atoms with Crippen LogP contribution in [-0.4, -0.2) is 15.0 Å². The van der Waals surface area contributed by atoms with Crippen molar-refractivity contribution in [3.63, 3.8) is 0 Å². The van der Waals surface area contributed by atoms with Crippen molar-refractivity contribution in [2.75, 3.05) is 0 Å². The fourth-order valence-corrected chi connectivity index (χ4v) is 6.54. The van der Waals surface area contributed by atoms with E-state index in [1.165, 1.54) is 38.6 Å². The number of aromatic nitrogens is 3. The summed E-state index contributed by atoms with van der Waals surface area (Å²) in [5.41, 5.74) is 9.96. The van der Waals surface area contributed by atoms with Crippen LogP contribution in [0.4, 0.5) is 0 Å². The number of rotatable bonds is 7. The van der Waals surface area contributed by atoms with Crippen LogP contribution in [0.15, 0.2) is 176 Å². The van der Waals surface area contributed by atoms with E-state index in [4.69, 9.17) is 15.0 Å². The minimum atomic E-state index is -0.199. The van der Waals surface area contributed by atoms with Crippen LogP contribution in [0.5, 0.6) is 0 Å². The van der Waals surface area contributed by atoms with E-state index in [1.54, 1.807) is 0 Å². The van der Waals surface area contributed by atoms with Gasteiger partial charge in [0.2, 0.25) is 0 Å². The second kappa shape index (κ2) is 12.8. The first kappa shape index (κ1) is 30.2. The molecule has 3 nitrogen and oxygen atoms in total. The van der Waals surface area contributed by atoms with Gasteiger partial charge in [-0.25, -0.2) is 15.0 Å². The molecule has 0 fully saturated rings. The Balaban J connectivity index is 1.11. The molecule has 0 atom stereocenters. The molecule has 0 saturated heterocycles. The zero-order valence-electron chi connectivity index (χ0n) is 27.6. The lowest BCUT2D eigenvalue weighted by Crippen LogP contribution is -2.18. The number of fused-ring (bicyclic) bond motifs is 1. The topological polar surface area (TPSA) is 38.7 Å². The molecule has 7 aromatic carbocycles. The van der Waals surface area contributed by atoms with Crippen LogP contribution in [0.1, 0.15) is 25.0 Å². The zero-order valence-corrected chi connectivity index (χ0v) is 27.6. The van der Waals surface area contributed by atoms with E-state index in [2.05, 4.69) is 153 Å². The van der Waals surface area contributed by atoms with E-state index in [1.807, 2.05) is 36.4 Å². The van der Waals surface area contributed by atoms with Crippen molar-refractivity contribution in [2.24, 2.45) is 0 Å². The molecular formula is C46H35N3. The Hall–Kier alpha value is -6.19. The number of hydrogen-bond acceptors (Lipinski definition) is 3. The summed E-state index contributed by atoms with van der Waals surface area (Å²) in [6.07, 6.45) is 0. The number of nitrogens with zero attached hydrogens (tertiary/aromatic N) is 3. The third-order valence-electron chi connectivity index (χ3n) is 9.49. The third kappa shape index (κ3) is 6.03. The molecule has 0 saturated carbocycles. The lowest BCUT2D eigenvalue weighted by atomic mass is 9.77. The predicted molar refractivity (Wildman–Crippen MR) is 203 cm³/mol. The molecule has 0 unspecified atom stereocenters. The van der Waals surface area contributed by atoms with Gasteiger partial charge in [-0.15, -0.1) is 0 Å². The molecule has 0 aliphatic rings. The third-order valence-corrected chi connectivity index (χ3v) is 9.49. The van der Waals surface area contributed by atoms with Gasteiger partial charge in [0.1, 0.15) is 0 Å². The first-order chi connectivity index (χ1) is 24.0. The highest BCUT2D eigenvalue weighted by atomic mass is 15.0. The molecule has 0 N–H and O–H groups in total. The minimum Gasteiger partial charge on any atom is -0.208 e. The second-order valence-corrected chi connectivity index (χ2v) is 12.9. The molecule has 1 heterocycles. The minimum absolute atomic E-state index is 0.199. The molecule has 8 rings (SSSR count). The van der Waals surface area contributed by atoms with Crippen molar-refractivity contribution in [1.82, 2.24) is 15.0 Å². The van der Waals surface area contributed by atoms with Crippen molar-refractivity contribution in [3.8, 4) is 56.4 Å². The molecule has 0 aliphatic heterocycles. The van der Waals surface area contributed by atoms with E-state index in [0.717, 1.165) is 22.3 Å². The molecule has 49 heavy (non-hydrogen) atoms. The zero-order chi connectivity index (χ0) is 33.2. The molecular weight excluding hydrogens is 595 g/mol. The van der Waals surface area contributed by atoms with Gasteiger partial charge in [-0.2, -0.15) is 0 Å². The number of hydrogen-bond donors (Lipinski definition) is 0. The first-order valence-electron chi connectivity index (χ1n) is 16.7. The summed E-state index contributed by atoms with van der Waals surface area (Å²) in [6.45, 7) is 4.56. The maximum absolute atomic E-state index is 4.99. The quantitative estimate of drug-likeness (QED) is 0.176. The van der Waals surface area contributed by atoms with Crippen molar-refractivity contribution in [3.05, 3.63) is 187 Å². The molecule has 0 amide bonds. The van der Waals surface area contributed by atoms with Crippen molar-refractivity contribution in [1.29, 1.82) is 0 Å². The van der Waals surface area contributed by atoms with Gasteiger partial charge in [-0.3, -0.25) is 0 Å². The summed E-state index contributed by atoms with van der Waals surface area (Å²) in [7, 11) is 0. The van der Waals surface area contributed by atoms with Crippen molar-refractivity contribution >= 4 is 10.8 Å². The molecule has 8 aromatic rings. The van der Waals surface area contributed by atoms with Gasteiger partial charge >= 0.3 is 0 Å². The summed E-state index contributed by atoms with van der Waals surface area (Å²) in [5.74, 6) is 1.96. The van der Waals surface area contributed by atoms with Gasteiger partial charge in [0, 0.05) is 22.1 Å². The summed E-state index contributed by atoms with van der Waals surface area (Å²) in [5, 5.41) is 2.53. The largest absolute Gasteiger partial charge is 0.208 e. The normalized spacial score (nSPS) is 11.5. The molecule has 0 spiro atoms. The van der Waals surface area contributed by atoms with E-state index in [-0.39, 0.29) is 5.41 Å². The van der Waals surface area contributed by atoms with Crippen LogP contribution in [0, 0.1) is 0 Å². The highest BCUT2D eigenvalue weighted by molar-refractivity contribution is 5.96. The highest BCUT2D eigenvalue weighted by Crippen LogP contribution is 2.36. The van der Waals surface area contributed by atoms with E-state index in [0.29, 0.717) is 17.5 Å². The molecule has 1 aromatic heterocycles. The average molecular weight is 630 g/mol. The molecule has 234 valence electrons. The lowest BCUT2D eigenvalue weighted by molar-refractivity contribution is 0.641. The Morgan fingerprint density at radius 2 is 0.714 bits per heavy atom. The summed E-state index contributed by atoms with van der Waals surface area (Å²) < 4.78 is 0. The van der Waals surface area contributed by atoms with Crippen molar-refractivity contribution in [2.45, 2.75) is 19.3 Å². The Kier molecular flexibility index (Phi) is 7.87. The van der Waals surface area contributed by atoms with Crippen molar-refractivity contribution < 1.29 is 0 Å². The van der Waals surface area contributed by atoms with Gasteiger partial charge in [0.15, 0.2) is 17.5 Å². The van der Waals surface area contributed by atoms with Gasteiger partial charge in [0.25, 0.3) is 0 Å². The van der Waals surface area contributed by atoms with Crippen LogP contribution in [0.3, 0.4) is 0 Å². The Morgan fingerprint density at radius 1 is 0.327 bits per heavy atom. The van der Waals surface area contributed by atoms with Gasteiger partial charge in [-0.1, -0.05) is 190 Å². The first-order valence-corrected chi connectivity index (χ1v) is 16.7. The average Bonchev–Trinajstić information content (AvgIpc) is 3.18. The number of benzene rings is 7. The van der Waals surface area contributed by atoms with Crippen LogP contribution >= 0.6 is 0 Å². The smallest absolute Gasteiger partial charge is 0.164 e. The van der Waals surface area contributed by atoms with Gasteiger partial charge in [-0.05, 0) is 44.2 Å². The maximum Gasteiger partial charge on any atom is 0.164 e. The van der Waals surface area contributed by atoms with E-state index in [9.17, 15) is 0 Å². The van der Waals surface area contributed by atoms with Crippen LogP contribution in [-0.2, 0) is 5.41 Å². The van der Waals surface area contributed by atoms with Crippen LogP contribution in [0.2, 0.25) is 0 Å². The van der Waals surface area contributed by atoms with Crippen LogP contribution < -0.4 is 0 Å². The molecule has 0 radical (unpaired) electrons. The Bertz CT molecular complexity index is 2360. The SMILES string of the molecule is CC(C)(c1ccc(-c2nc(-c3ccccc3)nc(-c3ccc(-c4ccccc4)cc3)n2)cc1)c1ccc(-c2cccc3ccccc23)cc1. The van der Waals surface area contributed by atoms with Gasteiger partial charge < -0.3 is 0 Å². The Morgan fingerprint density at radius 3 is 1.29 bits per heavy atom. The molecule has 3 heteroatoms.